The number of rotatable bonds is 7. The van der Waals surface area contributed by atoms with Gasteiger partial charge in [0.1, 0.15) is 0 Å². The number of benzene rings is 1. The molecule has 1 aromatic carbocycles. The molecule has 0 aliphatic carbocycles. The fourth-order valence-electron chi connectivity index (χ4n) is 2.10. The average Bonchev–Trinajstić information content (AvgIpc) is 2.47. The second-order valence-electron chi connectivity index (χ2n) is 4.58. The van der Waals surface area contributed by atoms with Gasteiger partial charge in [0.25, 0.3) is 0 Å². The Morgan fingerprint density at radius 3 is 3.00 bits per heavy atom. The van der Waals surface area contributed by atoms with Crippen LogP contribution in [-0.4, -0.2) is 18.2 Å². The highest BCUT2D eigenvalue weighted by Gasteiger charge is 2.10. The number of pyridine rings is 1. The van der Waals surface area contributed by atoms with Crippen LogP contribution >= 0.6 is 0 Å². The van der Waals surface area contributed by atoms with Crippen molar-refractivity contribution in [1.29, 1.82) is 0 Å². The molecule has 0 saturated carbocycles. The van der Waals surface area contributed by atoms with Crippen molar-refractivity contribution in [2.45, 2.75) is 25.8 Å². The van der Waals surface area contributed by atoms with Gasteiger partial charge in [-0.15, -0.1) is 0 Å². The molecule has 3 N–H and O–H groups in total. The molecular weight excluding hydrogens is 238 g/mol. The predicted molar refractivity (Wildman–Crippen MR) is 77.5 cm³/mol. The van der Waals surface area contributed by atoms with Crippen LogP contribution in [-0.2, 0) is 4.74 Å². The van der Waals surface area contributed by atoms with Crippen LogP contribution in [0.25, 0.3) is 10.9 Å². The van der Waals surface area contributed by atoms with E-state index < -0.39 is 0 Å². The molecule has 0 aliphatic rings. The zero-order valence-corrected chi connectivity index (χ0v) is 11.3. The van der Waals surface area contributed by atoms with E-state index in [0.717, 1.165) is 30.4 Å². The van der Waals surface area contributed by atoms with Crippen LogP contribution in [0, 0.1) is 0 Å². The SMILES string of the molecule is CCCOCCC(NN)c1ccc2ncccc2c1. The Kier molecular flexibility index (Phi) is 5.27. The average molecular weight is 259 g/mol. The van der Waals surface area contributed by atoms with Crippen LogP contribution in [0.3, 0.4) is 0 Å². The highest BCUT2D eigenvalue weighted by molar-refractivity contribution is 5.79. The summed E-state index contributed by atoms with van der Waals surface area (Å²) in [7, 11) is 0. The summed E-state index contributed by atoms with van der Waals surface area (Å²) in [5, 5.41) is 1.13. The highest BCUT2D eigenvalue weighted by atomic mass is 16.5. The van der Waals surface area contributed by atoms with Gasteiger partial charge >= 0.3 is 0 Å². The molecule has 1 aromatic heterocycles. The van der Waals surface area contributed by atoms with Gasteiger partial charge in [0.05, 0.1) is 5.52 Å². The van der Waals surface area contributed by atoms with Crippen molar-refractivity contribution in [2.75, 3.05) is 13.2 Å². The molecule has 0 amide bonds. The molecule has 0 aliphatic heterocycles. The summed E-state index contributed by atoms with van der Waals surface area (Å²) in [4.78, 5) is 4.32. The molecule has 0 fully saturated rings. The van der Waals surface area contributed by atoms with Crippen LogP contribution in [0.2, 0.25) is 0 Å². The lowest BCUT2D eigenvalue weighted by atomic mass is 10.0. The van der Waals surface area contributed by atoms with Crippen LogP contribution in [0.4, 0.5) is 0 Å². The quantitative estimate of drug-likeness (QED) is 0.456. The summed E-state index contributed by atoms with van der Waals surface area (Å²) < 4.78 is 5.52. The van der Waals surface area contributed by atoms with Crippen LogP contribution < -0.4 is 11.3 Å². The second kappa shape index (κ2) is 7.19. The van der Waals surface area contributed by atoms with Crippen molar-refractivity contribution in [2.24, 2.45) is 5.84 Å². The van der Waals surface area contributed by atoms with Crippen LogP contribution in [0.1, 0.15) is 31.4 Å². The van der Waals surface area contributed by atoms with E-state index in [0.29, 0.717) is 6.61 Å². The van der Waals surface area contributed by atoms with E-state index in [1.807, 2.05) is 12.1 Å². The molecule has 4 heteroatoms. The number of nitrogens with one attached hydrogen (secondary N) is 1. The number of ether oxygens (including phenoxy) is 1. The van der Waals surface area contributed by atoms with Crippen LogP contribution in [0.5, 0.6) is 0 Å². The molecule has 0 spiro atoms. The molecule has 1 heterocycles. The lowest BCUT2D eigenvalue weighted by Crippen LogP contribution is -2.29. The number of hydrogen-bond acceptors (Lipinski definition) is 4. The molecule has 102 valence electrons. The Morgan fingerprint density at radius 2 is 2.21 bits per heavy atom. The summed E-state index contributed by atoms with van der Waals surface area (Å²) in [6, 6.07) is 10.4. The standard InChI is InChI=1S/C15H21N3O/c1-2-9-19-10-7-15(18-16)13-5-6-14-12(11-13)4-3-8-17-14/h3-6,8,11,15,18H,2,7,9-10,16H2,1H3. The number of hydrogen-bond donors (Lipinski definition) is 2. The van der Waals surface area contributed by atoms with E-state index in [2.05, 4.69) is 35.5 Å². The smallest absolute Gasteiger partial charge is 0.0702 e. The van der Waals surface area contributed by atoms with Crippen molar-refractivity contribution < 1.29 is 4.74 Å². The fraction of sp³-hybridized carbons (Fsp3) is 0.400. The minimum absolute atomic E-state index is 0.112. The zero-order valence-electron chi connectivity index (χ0n) is 11.3. The minimum atomic E-state index is 0.112. The Bertz CT molecular complexity index is 515. The number of hydrazine groups is 1. The van der Waals surface area contributed by atoms with Gasteiger partial charge in [0, 0.05) is 30.8 Å². The van der Waals surface area contributed by atoms with Gasteiger partial charge < -0.3 is 4.74 Å². The first-order chi connectivity index (χ1) is 9.35. The highest BCUT2D eigenvalue weighted by Crippen LogP contribution is 2.20. The van der Waals surface area contributed by atoms with Crippen molar-refractivity contribution in [1.82, 2.24) is 10.4 Å². The maximum absolute atomic E-state index is 5.64. The van der Waals surface area contributed by atoms with E-state index in [-0.39, 0.29) is 6.04 Å². The number of nitrogens with two attached hydrogens (primary N) is 1. The van der Waals surface area contributed by atoms with E-state index in [4.69, 9.17) is 10.6 Å². The molecular formula is C15H21N3O. The Labute approximate surface area is 113 Å². The maximum atomic E-state index is 5.64. The second-order valence-corrected chi connectivity index (χ2v) is 4.58. The van der Waals surface area contributed by atoms with Gasteiger partial charge in [-0.3, -0.25) is 16.3 Å². The fourth-order valence-corrected chi connectivity index (χ4v) is 2.10. The summed E-state index contributed by atoms with van der Waals surface area (Å²) in [5.41, 5.74) is 5.03. The van der Waals surface area contributed by atoms with E-state index >= 15 is 0 Å². The molecule has 0 bridgehead atoms. The van der Waals surface area contributed by atoms with E-state index in [1.165, 1.54) is 5.56 Å². The Morgan fingerprint density at radius 1 is 1.32 bits per heavy atom. The van der Waals surface area contributed by atoms with Crippen molar-refractivity contribution in [3.05, 3.63) is 42.1 Å². The topological polar surface area (TPSA) is 60.2 Å². The lowest BCUT2D eigenvalue weighted by Gasteiger charge is -2.16. The zero-order chi connectivity index (χ0) is 13.5. The summed E-state index contributed by atoms with van der Waals surface area (Å²) in [5.74, 6) is 5.64. The number of fused-ring (bicyclic) bond motifs is 1. The third kappa shape index (κ3) is 3.73. The van der Waals surface area contributed by atoms with Gasteiger partial charge in [0.2, 0.25) is 0 Å². The lowest BCUT2D eigenvalue weighted by molar-refractivity contribution is 0.124. The van der Waals surface area contributed by atoms with Crippen molar-refractivity contribution in [3.8, 4) is 0 Å². The van der Waals surface area contributed by atoms with Gasteiger partial charge in [-0.25, -0.2) is 0 Å². The third-order valence-corrected chi connectivity index (χ3v) is 3.13. The summed E-state index contributed by atoms with van der Waals surface area (Å²) in [6.45, 7) is 3.63. The third-order valence-electron chi connectivity index (χ3n) is 3.13. The molecule has 0 radical (unpaired) electrons. The minimum Gasteiger partial charge on any atom is -0.381 e. The molecule has 4 nitrogen and oxygen atoms in total. The maximum Gasteiger partial charge on any atom is 0.0702 e. The molecule has 1 unspecified atom stereocenters. The largest absolute Gasteiger partial charge is 0.381 e. The predicted octanol–water partition coefficient (Wildman–Crippen LogP) is 2.56. The Balaban J connectivity index is 2.07. The molecule has 2 rings (SSSR count). The van der Waals surface area contributed by atoms with E-state index in [9.17, 15) is 0 Å². The van der Waals surface area contributed by atoms with Gasteiger partial charge in [-0.1, -0.05) is 19.1 Å². The van der Waals surface area contributed by atoms with Gasteiger partial charge in [-0.2, -0.15) is 0 Å². The normalized spacial score (nSPS) is 12.7. The molecule has 1 atom stereocenters. The Hall–Kier alpha value is -1.49. The van der Waals surface area contributed by atoms with Crippen LogP contribution in [0.15, 0.2) is 36.5 Å². The van der Waals surface area contributed by atoms with Gasteiger partial charge in [-0.05, 0) is 36.6 Å². The van der Waals surface area contributed by atoms with Crippen molar-refractivity contribution >= 4 is 10.9 Å². The summed E-state index contributed by atoms with van der Waals surface area (Å²) >= 11 is 0. The van der Waals surface area contributed by atoms with Crippen molar-refractivity contribution in [3.63, 3.8) is 0 Å². The first-order valence-electron chi connectivity index (χ1n) is 6.73. The number of nitrogens with zero attached hydrogens (tertiary/aromatic N) is 1. The number of aromatic nitrogens is 1. The first-order valence-corrected chi connectivity index (χ1v) is 6.73. The monoisotopic (exact) mass is 259 g/mol. The molecule has 2 aromatic rings. The van der Waals surface area contributed by atoms with Gasteiger partial charge in [0.15, 0.2) is 0 Å². The van der Waals surface area contributed by atoms with E-state index in [1.54, 1.807) is 6.20 Å². The molecule has 0 saturated heterocycles. The first kappa shape index (κ1) is 13.9. The summed E-state index contributed by atoms with van der Waals surface area (Å²) in [6.07, 6.45) is 3.71. The molecule has 19 heavy (non-hydrogen) atoms.